The number of nitrogens with one attached hydrogen (secondary N) is 1. The average molecular weight is 315 g/mol. The highest BCUT2D eigenvalue weighted by Gasteiger charge is 2.12. The van der Waals surface area contributed by atoms with Gasteiger partial charge in [0, 0.05) is 11.6 Å². The van der Waals surface area contributed by atoms with Crippen LogP contribution in [0.5, 0.6) is 17.2 Å². The number of para-hydroxylation sites is 2. The standard InChI is InChI=1S/C18H21NO4/c1-4-23-16-8-6-5-7-15(16)19-18(20)11-13-9-10-14(21-2)12-17(13)22-3/h5-10,12H,4,11H2,1-3H3,(H,19,20). The first kappa shape index (κ1) is 16.7. The molecular weight excluding hydrogens is 294 g/mol. The summed E-state index contributed by atoms with van der Waals surface area (Å²) in [6, 6.07) is 12.8. The Morgan fingerprint density at radius 3 is 2.52 bits per heavy atom. The van der Waals surface area contributed by atoms with Crippen molar-refractivity contribution in [1.82, 2.24) is 0 Å². The lowest BCUT2D eigenvalue weighted by Crippen LogP contribution is -2.15. The monoisotopic (exact) mass is 315 g/mol. The second kappa shape index (κ2) is 8.08. The molecule has 5 nitrogen and oxygen atoms in total. The normalized spacial score (nSPS) is 10.0. The molecule has 122 valence electrons. The molecule has 0 aliphatic rings. The molecule has 0 bridgehead atoms. The number of carbonyl (C=O) groups excluding carboxylic acids is 1. The number of hydrogen-bond donors (Lipinski definition) is 1. The Morgan fingerprint density at radius 1 is 1.04 bits per heavy atom. The number of amides is 1. The molecule has 1 N–H and O–H groups in total. The van der Waals surface area contributed by atoms with Crippen LogP contribution >= 0.6 is 0 Å². The number of rotatable bonds is 7. The molecule has 0 fully saturated rings. The summed E-state index contributed by atoms with van der Waals surface area (Å²) in [6.07, 6.45) is 0.202. The summed E-state index contributed by atoms with van der Waals surface area (Å²) in [6.45, 7) is 2.44. The smallest absolute Gasteiger partial charge is 0.229 e. The van der Waals surface area contributed by atoms with Crippen molar-refractivity contribution in [2.24, 2.45) is 0 Å². The molecule has 0 spiro atoms. The highest BCUT2D eigenvalue weighted by molar-refractivity contribution is 5.94. The number of benzene rings is 2. The Hall–Kier alpha value is -2.69. The van der Waals surface area contributed by atoms with Gasteiger partial charge in [-0.15, -0.1) is 0 Å². The number of methoxy groups -OCH3 is 2. The van der Waals surface area contributed by atoms with E-state index in [0.29, 0.717) is 29.5 Å². The van der Waals surface area contributed by atoms with E-state index in [4.69, 9.17) is 14.2 Å². The summed E-state index contributed by atoms with van der Waals surface area (Å²) in [7, 11) is 3.16. The fourth-order valence-electron chi connectivity index (χ4n) is 2.22. The van der Waals surface area contributed by atoms with Gasteiger partial charge in [-0.1, -0.05) is 18.2 Å². The van der Waals surface area contributed by atoms with E-state index in [2.05, 4.69) is 5.32 Å². The van der Waals surface area contributed by atoms with Gasteiger partial charge in [0.25, 0.3) is 0 Å². The third-order valence-electron chi connectivity index (χ3n) is 3.31. The fourth-order valence-corrected chi connectivity index (χ4v) is 2.22. The van der Waals surface area contributed by atoms with Gasteiger partial charge in [0.05, 0.1) is 32.9 Å². The highest BCUT2D eigenvalue weighted by atomic mass is 16.5. The molecule has 1 amide bonds. The van der Waals surface area contributed by atoms with Gasteiger partial charge in [-0.2, -0.15) is 0 Å². The number of anilines is 1. The predicted molar refractivity (Wildman–Crippen MR) is 89.5 cm³/mol. The van der Waals surface area contributed by atoms with Crippen LogP contribution in [0.3, 0.4) is 0 Å². The number of ether oxygens (including phenoxy) is 3. The minimum Gasteiger partial charge on any atom is -0.497 e. The molecule has 23 heavy (non-hydrogen) atoms. The van der Waals surface area contributed by atoms with Crippen molar-refractivity contribution in [3.05, 3.63) is 48.0 Å². The van der Waals surface area contributed by atoms with Crippen LogP contribution in [0, 0.1) is 0 Å². The summed E-state index contributed by atoms with van der Waals surface area (Å²) in [4.78, 5) is 12.3. The molecule has 2 rings (SSSR count). The van der Waals surface area contributed by atoms with Crippen molar-refractivity contribution in [3.63, 3.8) is 0 Å². The number of carbonyl (C=O) groups is 1. The molecular formula is C18H21NO4. The zero-order valence-electron chi connectivity index (χ0n) is 13.6. The fraction of sp³-hybridized carbons (Fsp3) is 0.278. The minimum atomic E-state index is -0.138. The molecule has 0 aliphatic carbocycles. The molecule has 0 aliphatic heterocycles. The second-order valence-electron chi connectivity index (χ2n) is 4.83. The van der Waals surface area contributed by atoms with E-state index in [1.807, 2.05) is 37.3 Å². The first-order valence-corrected chi connectivity index (χ1v) is 7.40. The molecule has 0 saturated carbocycles. The maximum atomic E-state index is 12.3. The van der Waals surface area contributed by atoms with Crippen molar-refractivity contribution in [1.29, 1.82) is 0 Å². The Balaban J connectivity index is 2.11. The van der Waals surface area contributed by atoms with Crippen LogP contribution in [-0.4, -0.2) is 26.7 Å². The molecule has 0 atom stereocenters. The average Bonchev–Trinajstić information content (AvgIpc) is 2.57. The third-order valence-corrected chi connectivity index (χ3v) is 3.31. The summed E-state index contributed by atoms with van der Waals surface area (Å²) < 4.78 is 16.0. The van der Waals surface area contributed by atoms with Crippen molar-refractivity contribution in [3.8, 4) is 17.2 Å². The molecule has 0 aromatic heterocycles. The maximum Gasteiger partial charge on any atom is 0.229 e. The minimum absolute atomic E-state index is 0.138. The summed E-state index contributed by atoms with van der Waals surface area (Å²) in [5, 5.41) is 2.87. The summed E-state index contributed by atoms with van der Waals surface area (Å²) in [5.74, 6) is 1.83. The lowest BCUT2D eigenvalue weighted by molar-refractivity contribution is -0.115. The third kappa shape index (κ3) is 4.39. The molecule has 0 radical (unpaired) electrons. The molecule has 5 heteroatoms. The van der Waals surface area contributed by atoms with E-state index < -0.39 is 0 Å². The first-order chi connectivity index (χ1) is 11.2. The van der Waals surface area contributed by atoms with Crippen LogP contribution in [0.4, 0.5) is 5.69 Å². The van der Waals surface area contributed by atoms with E-state index in [1.54, 1.807) is 26.4 Å². The lowest BCUT2D eigenvalue weighted by Gasteiger charge is -2.13. The van der Waals surface area contributed by atoms with Gasteiger partial charge in [-0.3, -0.25) is 4.79 Å². The second-order valence-corrected chi connectivity index (χ2v) is 4.83. The van der Waals surface area contributed by atoms with Gasteiger partial charge < -0.3 is 19.5 Å². The number of hydrogen-bond acceptors (Lipinski definition) is 4. The van der Waals surface area contributed by atoms with E-state index in [0.717, 1.165) is 5.56 Å². The van der Waals surface area contributed by atoms with Crippen LogP contribution in [-0.2, 0) is 11.2 Å². The van der Waals surface area contributed by atoms with E-state index >= 15 is 0 Å². The zero-order valence-corrected chi connectivity index (χ0v) is 13.6. The SMILES string of the molecule is CCOc1ccccc1NC(=O)Cc1ccc(OC)cc1OC. The van der Waals surface area contributed by atoms with Crippen molar-refractivity contribution in [2.75, 3.05) is 26.1 Å². The van der Waals surface area contributed by atoms with Gasteiger partial charge in [0.15, 0.2) is 0 Å². The molecule has 2 aromatic rings. The van der Waals surface area contributed by atoms with Gasteiger partial charge in [-0.25, -0.2) is 0 Å². The molecule has 2 aromatic carbocycles. The van der Waals surface area contributed by atoms with Gasteiger partial charge in [-0.05, 0) is 25.1 Å². The van der Waals surface area contributed by atoms with Gasteiger partial charge in [0.2, 0.25) is 5.91 Å². The predicted octanol–water partition coefficient (Wildman–Crippen LogP) is 3.28. The molecule has 0 unspecified atom stereocenters. The van der Waals surface area contributed by atoms with Crippen LogP contribution in [0.1, 0.15) is 12.5 Å². The summed E-state index contributed by atoms with van der Waals surface area (Å²) in [5.41, 5.74) is 1.45. The van der Waals surface area contributed by atoms with Gasteiger partial charge >= 0.3 is 0 Å². The Kier molecular flexibility index (Phi) is 5.86. The van der Waals surface area contributed by atoms with E-state index in [1.165, 1.54) is 0 Å². The zero-order chi connectivity index (χ0) is 16.7. The molecule has 0 heterocycles. The van der Waals surface area contributed by atoms with E-state index in [9.17, 15) is 4.79 Å². The van der Waals surface area contributed by atoms with Crippen molar-refractivity contribution < 1.29 is 19.0 Å². The first-order valence-electron chi connectivity index (χ1n) is 7.40. The quantitative estimate of drug-likeness (QED) is 0.852. The van der Waals surface area contributed by atoms with Crippen LogP contribution in [0.2, 0.25) is 0 Å². The lowest BCUT2D eigenvalue weighted by atomic mass is 10.1. The maximum absolute atomic E-state index is 12.3. The van der Waals surface area contributed by atoms with Crippen LogP contribution < -0.4 is 19.5 Å². The largest absolute Gasteiger partial charge is 0.497 e. The van der Waals surface area contributed by atoms with Crippen LogP contribution in [0.25, 0.3) is 0 Å². The van der Waals surface area contributed by atoms with Crippen molar-refractivity contribution in [2.45, 2.75) is 13.3 Å². The topological polar surface area (TPSA) is 56.8 Å². The van der Waals surface area contributed by atoms with Gasteiger partial charge in [0.1, 0.15) is 17.2 Å². The Labute approximate surface area is 136 Å². The molecule has 0 saturated heterocycles. The van der Waals surface area contributed by atoms with Crippen molar-refractivity contribution >= 4 is 11.6 Å². The Morgan fingerprint density at radius 2 is 1.83 bits per heavy atom. The summed E-state index contributed by atoms with van der Waals surface area (Å²) >= 11 is 0. The Bertz CT molecular complexity index is 670. The highest BCUT2D eigenvalue weighted by Crippen LogP contribution is 2.27. The van der Waals surface area contributed by atoms with E-state index in [-0.39, 0.29) is 12.3 Å². The van der Waals surface area contributed by atoms with Crippen LogP contribution in [0.15, 0.2) is 42.5 Å².